The zero-order valence-corrected chi connectivity index (χ0v) is 10.1. The van der Waals surface area contributed by atoms with Gasteiger partial charge in [-0.3, -0.25) is 4.79 Å². The Balaban J connectivity index is 0.00000112. The summed E-state index contributed by atoms with van der Waals surface area (Å²) in [5.41, 5.74) is 6.02. The smallest absolute Gasteiger partial charge is 0.311 e. The number of carbonyl (C=O) groups excluding carboxylic acids is 1. The minimum absolute atomic E-state index is 0. The lowest BCUT2D eigenvalue weighted by atomic mass is 9.54. The molecule has 0 aromatic carbocycles. The Bertz CT molecular complexity index is 230. The van der Waals surface area contributed by atoms with E-state index in [1.807, 2.05) is 0 Å². The Hall–Kier alpha value is -0.280. The highest BCUT2D eigenvalue weighted by atomic mass is 35.5. The van der Waals surface area contributed by atoms with Crippen LogP contribution in [0.25, 0.3) is 0 Å². The van der Waals surface area contributed by atoms with Gasteiger partial charge >= 0.3 is 5.97 Å². The molecule has 3 aliphatic carbocycles. The van der Waals surface area contributed by atoms with Crippen LogP contribution >= 0.6 is 12.4 Å². The van der Waals surface area contributed by atoms with Crippen LogP contribution in [-0.4, -0.2) is 19.6 Å². The van der Waals surface area contributed by atoms with Crippen LogP contribution in [0.15, 0.2) is 0 Å². The number of hydrogen-bond acceptors (Lipinski definition) is 3. The molecule has 3 saturated carbocycles. The van der Waals surface area contributed by atoms with Crippen molar-refractivity contribution >= 4 is 18.4 Å². The molecule has 3 rings (SSSR count). The molecule has 88 valence electrons. The summed E-state index contributed by atoms with van der Waals surface area (Å²) < 4.78 is 4.90. The fourth-order valence-corrected chi connectivity index (χ4v) is 3.09. The van der Waals surface area contributed by atoms with Gasteiger partial charge in [-0.15, -0.1) is 12.4 Å². The van der Waals surface area contributed by atoms with Gasteiger partial charge in [-0.2, -0.15) is 0 Å². The Morgan fingerprint density at radius 1 is 1.20 bits per heavy atom. The molecule has 0 atom stereocenters. The van der Waals surface area contributed by atoms with Gasteiger partial charge in [0.2, 0.25) is 0 Å². The van der Waals surface area contributed by atoms with Gasteiger partial charge in [0, 0.05) is 0 Å². The molecule has 3 fully saturated rings. The van der Waals surface area contributed by atoms with Crippen molar-refractivity contribution in [1.29, 1.82) is 0 Å². The molecule has 0 heterocycles. The van der Waals surface area contributed by atoms with Crippen LogP contribution in [0.2, 0.25) is 0 Å². The normalized spacial score (nSPS) is 38.3. The molecule has 4 heteroatoms. The molecule has 0 spiro atoms. The van der Waals surface area contributed by atoms with E-state index in [0.717, 1.165) is 45.1 Å². The third-order valence-corrected chi connectivity index (χ3v) is 4.45. The Morgan fingerprint density at radius 2 is 1.67 bits per heavy atom. The van der Waals surface area contributed by atoms with Crippen molar-refractivity contribution in [1.82, 2.24) is 0 Å². The lowest BCUT2D eigenvalue weighted by molar-refractivity contribution is -0.162. The summed E-state index contributed by atoms with van der Waals surface area (Å²) in [6.45, 7) is 0.782. The summed E-state index contributed by atoms with van der Waals surface area (Å²) in [6, 6.07) is 0. The predicted molar refractivity (Wildman–Crippen MR) is 60.9 cm³/mol. The van der Waals surface area contributed by atoms with Crippen molar-refractivity contribution in [3.05, 3.63) is 0 Å². The van der Waals surface area contributed by atoms with Crippen LogP contribution in [-0.2, 0) is 9.53 Å². The second kappa shape index (κ2) is 4.30. The van der Waals surface area contributed by atoms with Crippen molar-refractivity contribution in [2.75, 3.05) is 13.7 Å². The minimum atomic E-state index is -0.147. The first-order chi connectivity index (χ1) is 6.66. The zero-order valence-electron chi connectivity index (χ0n) is 9.25. The number of fused-ring (bicyclic) bond motifs is 3. The molecule has 15 heavy (non-hydrogen) atoms. The second-order valence-electron chi connectivity index (χ2n) is 4.98. The highest BCUT2D eigenvalue weighted by molar-refractivity contribution is 5.85. The number of halogens is 1. The SMILES string of the molecule is COC(=O)C12CCC(CN)(CC1)CC2.Cl. The maximum absolute atomic E-state index is 11.7. The van der Waals surface area contributed by atoms with Crippen LogP contribution in [0.1, 0.15) is 38.5 Å². The van der Waals surface area contributed by atoms with Gasteiger partial charge in [0.1, 0.15) is 0 Å². The quantitative estimate of drug-likeness (QED) is 0.741. The Morgan fingerprint density at radius 3 is 2.00 bits per heavy atom. The van der Waals surface area contributed by atoms with E-state index in [9.17, 15) is 4.79 Å². The number of carbonyl (C=O) groups is 1. The molecule has 3 aliphatic rings. The number of hydrogen-bond donors (Lipinski definition) is 1. The maximum Gasteiger partial charge on any atom is 0.311 e. The van der Waals surface area contributed by atoms with Crippen LogP contribution in [0.3, 0.4) is 0 Å². The molecule has 0 aromatic rings. The van der Waals surface area contributed by atoms with E-state index >= 15 is 0 Å². The molecule has 3 nitrogen and oxygen atoms in total. The Labute approximate surface area is 97.1 Å². The summed E-state index contributed by atoms with van der Waals surface area (Å²) >= 11 is 0. The first-order valence-electron chi connectivity index (χ1n) is 5.45. The number of methoxy groups -OCH3 is 1. The van der Waals surface area contributed by atoms with E-state index in [0.29, 0.717) is 5.41 Å². The van der Waals surface area contributed by atoms with E-state index < -0.39 is 0 Å². The fourth-order valence-electron chi connectivity index (χ4n) is 3.09. The van der Waals surface area contributed by atoms with E-state index in [2.05, 4.69) is 0 Å². The van der Waals surface area contributed by atoms with Gasteiger partial charge in [-0.25, -0.2) is 0 Å². The molecular formula is C11H20ClNO2. The fraction of sp³-hybridized carbons (Fsp3) is 0.909. The molecule has 2 bridgehead atoms. The summed E-state index contributed by atoms with van der Waals surface area (Å²) in [6.07, 6.45) is 6.28. The van der Waals surface area contributed by atoms with Gasteiger partial charge in [0.25, 0.3) is 0 Å². The van der Waals surface area contributed by atoms with Crippen LogP contribution in [0.4, 0.5) is 0 Å². The van der Waals surface area contributed by atoms with Gasteiger partial charge in [-0.05, 0) is 50.5 Å². The third kappa shape index (κ3) is 1.87. The molecule has 0 aromatic heterocycles. The minimum Gasteiger partial charge on any atom is -0.469 e. The van der Waals surface area contributed by atoms with Gasteiger partial charge in [-0.1, -0.05) is 0 Å². The molecular weight excluding hydrogens is 214 g/mol. The number of rotatable bonds is 2. The Kier molecular flexibility index (Phi) is 3.67. The van der Waals surface area contributed by atoms with Crippen molar-refractivity contribution in [2.45, 2.75) is 38.5 Å². The number of nitrogens with two attached hydrogens (primary N) is 1. The maximum atomic E-state index is 11.7. The largest absolute Gasteiger partial charge is 0.469 e. The topological polar surface area (TPSA) is 52.3 Å². The molecule has 0 saturated heterocycles. The molecule has 0 aliphatic heterocycles. The molecule has 0 radical (unpaired) electrons. The number of ether oxygens (including phenoxy) is 1. The molecule has 0 amide bonds. The highest BCUT2D eigenvalue weighted by Gasteiger charge is 2.52. The zero-order chi connectivity index (χ0) is 10.2. The summed E-state index contributed by atoms with van der Waals surface area (Å²) in [5, 5.41) is 0. The van der Waals surface area contributed by atoms with Gasteiger partial charge in [0.05, 0.1) is 12.5 Å². The standard InChI is InChI=1S/C11H19NO2.ClH/c1-14-9(13)11-5-2-10(8-12,3-6-11)4-7-11;/h2-8,12H2,1H3;1H. The van der Waals surface area contributed by atoms with E-state index in [1.165, 1.54) is 7.11 Å². The third-order valence-electron chi connectivity index (χ3n) is 4.45. The monoisotopic (exact) mass is 233 g/mol. The average molecular weight is 234 g/mol. The molecule has 2 N–H and O–H groups in total. The average Bonchev–Trinajstić information content (AvgIpc) is 2.30. The van der Waals surface area contributed by atoms with Crippen molar-refractivity contribution in [2.24, 2.45) is 16.6 Å². The van der Waals surface area contributed by atoms with Crippen LogP contribution < -0.4 is 5.73 Å². The number of esters is 1. The first kappa shape index (κ1) is 12.8. The summed E-state index contributed by atoms with van der Waals surface area (Å²) in [4.78, 5) is 11.7. The van der Waals surface area contributed by atoms with E-state index in [4.69, 9.17) is 10.5 Å². The molecule has 0 unspecified atom stereocenters. The van der Waals surface area contributed by atoms with Gasteiger partial charge in [0.15, 0.2) is 0 Å². The van der Waals surface area contributed by atoms with Crippen LogP contribution in [0.5, 0.6) is 0 Å². The predicted octanol–water partition coefficient (Wildman–Crippen LogP) is 1.88. The van der Waals surface area contributed by atoms with Crippen molar-refractivity contribution in [3.63, 3.8) is 0 Å². The first-order valence-corrected chi connectivity index (χ1v) is 5.45. The van der Waals surface area contributed by atoms with E-state index in [-0.39, 0.29) is 23.8 Å². The van der Waals surface area contributed by atoms with Crippen molar-refractivity contribution < 1.29 is 9.53 Å². The van der Waals surface area contributed by atoms with Crippen LogP contribution in [0, 0.1) is 10.8 Å². The lowest BCUT2D eigenvalue weighted by Gasteiger charge is -2.51. The lowest BCUT2D eigenvalue weighted by Crippen LogP contribution is -2.49. The summed E-state index contributed by atoms with van der Waals surface area (Å²) in [7, 11) is 1.50. The summed E-state index contributed by atoms with van der Waals surface area (Å²) in [5.74, 6) is 0.00261. The van der Waals surface area contributed by atoms with Gasteiger partial charge < -0.3 is 10.5 Å². The van der Waals surface area contributed by atoms with Crippen molar-refractivity contribution in [3.8, 4) is 0 Å². The van der Waals surface area contributed by atoms with E-state index in [1.54, 1.807) is 0 Å². The second-order valence-corrected chi connectivity index (χ2v) is 4.98. The highest BCUT2D eigenvalue weighted by Crippen LogP contribution is 2.56.